The van der Waals surface area contributed by atoms with E-state index >= 15 is 0 Å². The summed E-state index contributed by atoms with van der Waals surface area (Å²) in [6, 6.07) is 13.0. The van der Waals surface area contributed by atoms with Crippen LogP contribution in [0.15, 0.2) is 47.4 Å². The fourth-order valence-electron chi connectivity index (χ4n) is 4.79. The molecule has 0 unspecified atom stereocenters. The summed E-state index contributed by atoms with van der Waals surface area (Å²) in [6.45, 7) is 10.9. The van der Waals surface area contributed by atoms with Crippen LogP contribution in [-0.2, 0) is 20.8 Å². The SMILES string of the molecule is CCCCCC(=O)c1ccc2c(c1)N(Cc1ccc(N3CCOCC3)cc1)C(=O)[C@@H](NC(=O)OC(C)(C)C)CS2. The van der Waals surface area contributed by atoms with Gasteiger partial charge in [0, 0.05) is 41.4 Å². The third-order valence-corrected chi connectivity index (χ3v) is 8.05. The third-order valence-electron chi connectivity index (χ3n) is 6.89. The highest BCUT2D eigenvalue weighted by atomic mass is 32.2. The van der Waals surface area contributed by atoms with Crippen molar-refractivity contribution >= 4 is 40.9 Å². The topological polar surface area (TPSA) is 88.2 Å². The van der Waals surface area contributed by atoms with E-state index in [2.05, 4.69) is 29.3 Å². The minimum atomic E-state index is -0.774. The van der Waals surface area contributed by atoms with E-state index in [1.54, 1.807) is 25.7 Å². The van der Waals surface area contributed by atoms with Gasteiger partial charge in [0.05, 0.1) is 25.4 Å². The second-order valence-corrected chi connectivity index (χ2v) is 12.3. The number of hydrogen-bond donors (Lipinski definition) is 1. The second kappa shape index (κ2) is 13.5. The number of thioether (sulfide) groups is 1. The number of morpholine rings is 1. The Hall–Kier alpha value is -3.04. The lowest BCUT2D eigenvalue weighted by Crippen LogP contribution is -2.50. The number of anilines is 2. The molecule has 8 nitrogen and oxygen atoms in total. The summed E-state index contributed by atoms with van der Waals surface area (Å²) >= 11 is 1.50. The van der Waals surface area contributed by atoms with Crippen LogP contribution in [0.3, 0.4) is 0 Å². The standard InChI is InChI=1S/C31H41N3O5S/c1-5-6-7-8-27(35)23-11-14-28-26(19-23)34(29(36)25(21-40-28)32-30(37)39-31(2,3)4)20-22-9-12-24(13-10-22)33-15-17-38-18-16-33/h9-14,19,25H,5-8,15-18,20-21H2,1-4H3,(H,32,37)/t25-/m0/s1. The van der Waals surface area contributed by atoms with Gasteiger partial charge in [0.15, 0.2) is 5.78 Å². The smallest absolute Gasteiger partial charge is 0.408 e. The highest BCUT2D eigenvalue weighted by Crippen LogP contribution is 2.37. The highest BCUT2D eigenvalue weighted by molar-refractivity contribution is 7.99. The number of rotatable bonds is 9. The molecule has 1 saturated heterocycles. The van der Waals surface area contributed by atoms with Gasteiger partial charge in [-0.25, -0.2) is 4.79 Å². The van der Waals surface area contributed by atoms with E-state index in [9.17, 15) is 14.4 Å². The summed E-state index contributed by atoms with van der Waals surface area (Å²) in [5.74, 6) is 0.211. The molecule has 9 heteroatoms. The number of ether oxygens (including phenoxy) is 2. The molecule has 0 aromatic heterocycles. The highest BCUT2D eigenvalue weighted by Gasteiger charge is 2.33. The number of carbonyl (C=O) groups is 3. The lowest BCUT2D eigenvalue weighted by Gasteiger charge is -2.29. The van der Waals surface area contributed by atoms with Gasteiger partial charge < -0.3 is 24.6 Å². The van der Waals surface area contributed by atoms with Gasteiger partial charge in [-0.05, 0) is 57.0 Å². The molecule has 40 heavy (non-hydrogen) atoms. The number of benzene rings is 2. The van der Waals surface area contributed by atoms with E-state index in [-0.39, 0.29) is 11.7 Å². The molecule has 4 rings (SSSR count). The third kappa shape index (κ3) is 8.01. The summed E-state index contributed by atoms with van der Waals surface area (Å²) < 4.78 is 10.9. The average Bonchev–Trinajstić information content (AvgIpc) is 3.05. The van der Waals surface area contributed by atoms with Gasteiger partial charge in [-0.2, -0.15) is 0 Å². The maximum Gasteiger partial charge on any atom is 0.408 e. The number of hydrogen-bond acceptors (Lipinski definition) is 7. The Kier molecular flexibility index (Phi) is 10.1. The van der Waals surface area contributed by atoms with Crippen molar-refractivity contribution in [3.63, 3.8) is 0 Å². The Labute approximate surface area is 241 Å². The van der Waals surface area contributed by atoms with Crippen LogP contribution in [-0.4, -0.2) is 61.5 Å². The van der Waals surface area contributed by atoms with Crippen LogP contribution >= 0.6 is 11.8 Å². The summed E-state index contributed by atoms with van der Waals surface area (Å²) in [7, 11) is 0. The molecule has 0 spiro atoms. The van der Waals surface area contributed by atoms with Crippen LogP contribution < -0.4 is 15.1 Å². The van der Waals surface area contributed by atoms with Crippen molar-refractivity contribution in [2.75, 3.05) is 41.9 Å². The van der Waals surface area contributed by atoms with Crippen LogP contribution in [0.25, 0.3) is 0 Å². The maximum absolute atomic E-state index is 14.0. The lowest BCUT2D eigenvalue weighted by atomic mass is 10.0. The van der Waals surface area contributed by atoms with Gasteiger partial charge in [0.25, 0.3) is 5.91 Å². The van der Waals surface area contributed by atoms with E-state index in [4.69, 9.17) is 9.47 Å². The van der Waals surface area contributed by atoms with Crippen LogP contribution in [0, 0.1) is 0 Å². The molecule has 2 aromatic carbocycles. The van der Waals surface area contributed by atoms with Gasteiger partial charge in [-0.1, -0.05) is 38.0 Å². The van der Waals surface area contributed by atoms with Crippen molar-refractivity contribution < 1.29 is 23.9 Å². The zero-order valence-electron chi connectivity index (χ0n) is 24.0. The number of unbranched alkanes of at least 4 members (excludes halogenated alkanes) is 2. The van der Waals surface area contributed by atoms with Crippen LogP contribution in [0.4, 0.5) is 16.2 Å². The summed E-state index contributed by atoms with van der Waals surface area (Å²) in [5.41, 5.74) is 2.70. The molecule has 1 atom stereocenters. The molecular formula is C31H41N3O5S. The Morgan fingerprint density at radius 2 is 1.80 bits per heavy atom. The first kappa shape index (κ1) is 29.9. The van der Waals surface area contributed by atoms with Crippen molar-refractivity contribution in [3.05, 3.63) is 53.6 Å². The number of fused-ring (bicyclic) bond motifs is 1. The van der Waals surface area contributed by atoms with Crippen LogP contribution in [0.1, 0.15) is 69.3 Å². The maximum atomic E-state index is 14.0. The quantitative estimate of drug-likeness (QED) is 0.302. The fourth-order valence-corrected chi connectivity index (χ4v) is 5.84. The molecule has 2 aromatic rings. The molecule has 1 N–H and O–H groups in total. The van der Waals surface area contributed by atoms with Gasteiger partial charge in [0.2, 0.25) is 0 Å². The predicted octanol–water partition coefficient (Wildman–Crippen LogP) is 5.82. The molecule has 0 saturated carbocycles. The first-order valence-electron chi connectivity index (χ1n) is 14.2. The molecule has 0 aliphatic carbocycles. The number of amides is 2. The number of alkyl carbamates (subject to hydrolysis) is 1. The Balaban J connectivity index is 1.61. The Bertz CT molecular complexity index is 1190. The van der Waals surface area contributed by atoms with Gasteiger partial charge in [-0.15, -0.1) is 11.8 Å². The second-order valence-electron chi connectivity index (χ2n) is 11.3. The normalized spacial score (nSPS) is 17.7. The Morgan fingerprint density at radius 3 is 2.48 bits per heavy atom. The van der Waals surface area contributed by atoms with E-state index in [1.807, 2.05) is 30.3 Å². The van der Waals surface area contributed by atoms with Crippen molar-refractivity contribution in [1.29, 1.82) is 0 Å². The molecule has 2 aliphatic heterocycles. The Morgan fingerprint density at radius 1 is 1.07 bits per heavy atom. The molecule has 0 bridgehead atoms. The van der Waals surface area contributed by atoms with Gasteiger partial charge in [-0.3, -0.25) is 9.59 Å². The summed E-state index contributed by atoms with van der Waals surface area (Å²) in [6.07, 6.45) is 2.77. The number of ketones is 1. The zero-order valence-corrected chi connectivity index (χ0v) is 24.9. The summed E-state index contributed by atoms with van der Waals surface area (Å²) in [5, 5.41) is 2.78. The van der Waals surface area contributed by atoms with Crippen molar-refractivity contribution in [2.45, 2.75) is 76.5 Å². The van der Waals surface area contributed by atoms with Gasteiger partial charge in [0.1, 0.15) is 11.6 Å². The molecule has 1 fully saturated rings. The minimum absolute atomic E-state index is 0.0798. The molecule has 0 radical (unpaired) electrons. The number of Topliss-reactive ketones (excluding diaryl/α,β-unsaturated/α-hetero) is 1. The molecule has 2 aliphatic rings. The van der Waals surface area contributed by atoms with E-state index < -0.39 is 17.7 Å². The summed E-state index contributed by atoms with van der Waals surface area (Å²) in [4.78, 5) is 44.4. The zero-order chi connectivity index (χ0) is 28.7. The van der Waals surface area contributed by atoms with E-state index in [0.29, 0.717) is 43.2 Å². The monoisotopic (exact) mass is 567 g/mol. The van der Waals surface area contributed by atoms with Crippen molar-refractivity contribution in [2.24, 2.45) is 0 Å². The van der Waals surface area contributed by atoms with Crippen molar-refractivity contribution in [3.8, 4) is 0 Å². The number of nitrogens with one attached hydrogen (secondary N) is 1. The van der Waals surface area contributed by atoms with Crippen LogP contribution in [0.2, 0.25) is 0 Å². The first-order chi connectivity index (χ1) is 19.1. The predicted molar refractivity (Wildman–Crippen MR) is 159 cm³/mol. The fraction of sp³-hybridized carbons (Fsp3) is 0.516. The lowest BCUT2D eigenvalue weighted by molar-refractivity contribution is -0.120. The molecule has 2 amide bonds. The number of nitrogens with zero attached hydrogens (tertiary/aromatic N) is 2. The first-order valence-corrected chi connectivity index (χ1v) is 15.2. The van der Waals surface area contributed by atoms with Crippen LogP contribution in [0.5, 0.6) is 0 Å². The number of carbonyl (C=O) groups excluding carboxylic acids is 3. The van der Waals surface area contributed by atoms with E-state index in [0.717, 1.165) is 48.5 Å². The van der Waals surface area contributed by atoms with Crippen molar-refractivity contribution in [1.82, 2.24) is 5.32 Å². The van der Waals surface area contributed by atoms with E-state index in [1.165, 1.54) is 11.8 Å². The average molecular weight is 568 g/mol. The molecule has 2 heterocycles. The molecular weight excluding hydrogens is 526 g/mol. The van der Waals surface area contributed by atoms with Gasteiger partial charge >= 0.3 is 6.09 Å². The largest absolute Gasteiger partial charge is 0.444 e. The minimum Gasteiger partial charge on any atom is -0.444 e. The molecule has 216 valence electrons.